The summed E-state index contributed by atoms with van der Waals surface area (Å²) in [5.74, 6) is -1.90. The number of alkyl halides is 3. The quantitative estimate of drug-likeness (QED) is 0.186. The molecule has 0 aliphatic carbocycles. The van der Waals surface area contributed by atoms with Crippen LogP contribution in [0.4, 0.5) is 17.6 Å². The average Bonchev–Trinajstić information content (AvgIpc) is 2.82. The number of halogens is 4. The molecule has 0 saturated carbocycles. The molecule has 4 aromatic rings. The highest BCUT2D eigenvalue weighted by atomic mass is 19.4. The van der Waals surface area contributed by atoms with Gasteiger partial charge in [0.15, 0.2) is 11.6 Å². The van der Waals surface area contributed by atoms with Gasteiger partial charge in [0.2, 0.25) is 0 Å². The average molecular weight is 467 g/mol. The van der Waals surface area contributed by atoms with E-state index >= 15 is 0 Å². The van der Waals surface area contributed by atoms with Crippen LogP contribution in [0.3, 0.4) is 0 Å². The maximum absolute atomic E-state index is 14.1. The molecule has 34 heavy (non-hydrogen) atoms. The number of ether oxygens (including phenoxy) is 1. The van der Waals surface area contributed by atoms with Crippen LogP contribution in [0.1, 0.15) is 38.2 Å². The van der Waals surface area contributed by atoms with Crippen molar-refractivity contribution in [2.24, 2.45) is 0 Å². The summed E-state index contributed by atoms with van der Waals surface area (Å²) in [4.78, 5) is 0. The third-order valence-corrected chi connectivity index (χ3v) is 5.93. The lowest BCUT2D eigenvalue weighted by molar-refractivity contribution is -0.275. The molecule has 0 aliphatic heterocycles. The Hall–Kier alpha value is -3.34. The van der Waals surface area contributed by atoms with Crippen LogP contribution >= 0.6 is 0 Å². The zero-order chi connectivity index (χ0) is 24.1. The summed E-state index contributed by atoms with van der Waals surface area (Å²) in [7, 11) is 0. The Labute approximate surface area is 197 Å². The van der Waals surface area contributed by atoms with Crippen molar-refractivity contribution >= 4 is 10.8 Å². The molecule has 0 spiro atoms. The van der Waals surface area contributed by atoms with Gasteiger partial charge in [-0.1, -0.05) is 86.8 Å². The van der Waals surface area contributed by atoms with E-state index in [2.05, 4.69) is 48.1 Å². The number of fused-ring (bicyclic) bond motifs is 1. The Morgan fingerprint density at radius 1 is 0.647 bits per heavy atom. The van der Waals surface area contributed by atoms with E-state index in [4.69, 9.17) is 0 Å². The number of unbranched alkanes of at least 4 members (excludes halogenated alkanes) is 3. The summed E-state index contributed by atoms with van der Waals surface area (Å²) < 4.78 is 54.8. The predicted molar refractivity (Wildman–Crippen MR) is 129 cm³/mol. The fraction of sp³-hybridized carbons (Fsp3) is 0.241. The van der Waals surface area contributed by atoms with Crippen molar-refractivity contribution in [2.75, 3.05) is 0 Å². The van der Waals surface area contributed by atoms with Crippen LogP contribution in [0.2, 0.25) is 0 Å². The molecule has 0 atom stereocenters. The van der Waals surface area contributed by atoms with Gasteiger partial charge >= 0.3 is 6.36 Å². The lowest BCUT2D eigenvalue weighted by Crippen LogP contribution is -2.17. The first-order valence-corrected chi connectivity index (χ1v) is 11.5. The highest BCUT2D eigenvalue weighted by molar-refractivity contribution is 5.88. The largest absolute Gasteiger partial charge is 0.573 e. The Morgan fingerprint density at radius 3 is 1.88 bits per heavy atom. The van der Waals surface area contributed by atoms with Crippen LogP contribution in [0.25, 0.3) is 33.0 Å². The molecule has 0 unspecified atom stereocenters. The fourth-order valence-electron chi connectivity index (χ4n) is 4.13. The number of rotatable bonds is 8. The summed E-state index contributed by atoms with van der Waals surface area (Å²) in [5.41, 5.74) is 4.61. The first-order valence-electron chi connectivity index (χ1n) is 11.5. The van der Waals surface area contributed by atoms with Gasteiger partial charge in [-0.3, -0.25) is 0 Å². The van der Waals surface area contributed by atoms with Gasteiger partial charge in [-0.15, -0.1) is 13.2 Å². The van der Waals surface area contributed by atoms with Crippen molar-refractivity contribution in [3.63, 3.8) is 0 Å². The Balaban J connectivity index is 1.50. The van der Waals surface area contributed by atoms with Gasteiger partial charge in [-0.25, -0.2) is 4.39 Å². The maximum atomic E-state index is 14.1. The van der Waals surface area contributed by atoms with Gasteiger partial charge < -0.3 is 4.74 Å². The highest BCUT2D eigenvalue weighted by Crippen LogP contribution is 2.31. The van der Waals surface area contributed by atoms with Crippen LogP contribution in [-0.2, 0) is 6.42 Å². The minimum Gasteiger partial charge on any atom is -0.403 e. The van der Waals surface area contributed by atoms with Crippen molar-refractivity contribution in [3.8, 4) is 28.0 Å². The second-order valence-corrected chi connectivity index (χ2v) is 8.48. The van der Waals surface area contributed by atoms with Crippen molar-refractivity contribution in [2.45, 2.75) is 45.4 Å². The van der Waals surface area contributed by atoms with E-state index < -0.39 is 17.9 Å². The molecule has 0 bridgehead atoms. The third-order valence-electron chi connectivity index (χ3n) is 5.93. The minimum absolute atomic E-state index is 0.476. The Kier molecular flexibility index (Phi) is 7.20. The monoisotopic (exact) mass is 466 g/mol. The highest BCUT2D eigenvalue weighted by Gasteiger charge is 2.32. The molecule has 5 heteroatoms. The van der Waals surface area contributed by atoms with Crippen LogP contribution in [0, 0.1) is 5.82 Å². The summed E-state index contributed by atoms with van der Waals surface area (Å²) in [6.07, 6.45) is 1.17. The molecule has 0 radical (unpaired) electrons. The number of benzene rings is 4. The van der Waals surface area contributed by atoms with Crippen molar-refractivity contribution < 1.29 is 22.3 Å². The molecular weight excluding hydrogens is 440 g/mol. The Bertz CT molecular complexity index is 1260. The van der Waals surface area contributed by atoms with Gasteiger partial charge in [0, 0.05) is 0 Å². The topological polar surface area (TPSA) is 9.23 Å². The molecule has 0 fully saturated rings. The first-order chi connectivity index (χ1) is 16.3. The zero-order valence-electron chi connectivity index (χ0n) is 19.0. The molecule has 0 aromatic heterocycles. The predicted octanol–water partition coefficient (Wildman–Crippen LogP) is 9.33. The third kappa shape index (κ3) is 5.96. The van der Waals surface area contributed by atoms with Gasteiger partial charge in [-0.05, 0) is 69.6 Å². The van der Waals surface area contributed by atoms with Crippen LogP contribution in [0.5, 0.6) is 5.75 Å². The molecule has 0 amide bonds. The lowest BCUT2D eigenvalue weighted by Gasteiger charge is -2.11. The maximum Gasteiger partial charge on any atom is 0.573 e. The lowest BCUT2D eigenvalue weighted by atomic mass is 9.97. The van der Waals surface area contributed by atoms with E-state index in [1.807, 2.05) is 24.3 Å². The summed E-state index contributed by atoms with van der Waals surface area (Å²) in [5, 5.41) is 2.38. The van der Waals surface area contributed by atoms with Gasteiger partial charge in [0.05, 0.1) is 0 Å². The van der Waals surface area contributed by atoms with Crippen LogP contribution < -0.4 is 4.74 Å². The smallest absolute Gasteiger partial charge is 0.403 e. The van der Waals surface area contributed by atoms with Crippen LogP contribution in [-0.4, -0.2) is 6.36 Å². The summed E-state index contributed by atoms with van der Waals surface area (Å²) >= 11 is 0. The Morgan fingerprint density at radius 2 is 1.24 bits per heavy atom. The molecular formula is C29H26F4O. The number of aryl methyl sites for hydroxylation is 1. The second-order valence-electron chi connectivity index (χ2n) is 8.48. The van der Waals surface area contributed by atoms with Crippen molar-refractivity contribution in [1.29, 1.82) is 0 Å². The van der Waals surface area contributed by atoms with Crippen LogP contribution in [0.15, 0.2) is 78.9 Å². The second kappa shape index (κ2) is 10.3. The molecule has 0 heterocycles. The van der Waals surface area contributed by atoms with Gasteiger partial charge in [-0.2, -0.15) is 0 Å². The molecule has 0 saturated heterocycles. The SMILES string of the molecule is CCCCCCc1ccc2cc(-c3ccc(-c4ccc(OC(F)(F)F)c(F)c4)cc3)ccc2c1. The number of hydrogen-bond acceptors (Lipinski definition) is 1. The van der Waals surface area contributed by atoms with E-state index in [0.29, 0.717) is 11.1 Å². The van der Waals surface area contributed by atoms with E-state index in [1.54, 1.807) is 0 Å². The first kappa shape index (κ1) is 23.8. The minimum atomic E-state index is -4.93. The summed E-state index contributed by atoms with van der Waals surface area (Å²) in [6.45, 7) is 2.22. The van der Waals surface area contributed by atoms with E-state index in [-0.39, 0.29) is 0 Å². The molecule has 0 N–H and O–H groups in total. The van der Waals surface area contributed by atoms with E-state index in [1.165, 1.54) is 48.1 Å². The number of hydrogen-bond donors (Lipinski definition) is 0. The molecule has 4 rings (SSSR count). The van der Waals surface area contributed by atoms with Crippen molar-refractivity contribution in [1.82, 2.24) is 0 Å². The van der Waals surface area contributed by atoms with E-state index in [9.17, 15) is 17.6 Å². The zero-order valence-corrected chi connectivity index (χ0v) is 19.0. The standard InChI is InChI=1S/C29H26F4O/c1-2-3-4-5-6-20-7-8-25-18-24(14-13-23(25)17-20)21-9-11-22(12-10-21)26-15-16-28(27(30)19-26)34-29(31,32)33/h7-19H,2-6H2,1H3. The normalized spacial score (nSPS) is 11.7. The van der Waals surface area contributed by atoms with Gasteiger partial charge in [0.1, 0.15) is 0 Å². The van der Waals surface area contributed by atoms with E-state index in [0.717, 1.165) is 29.7 Å². The molecule has 4 aromatic carbocycles. The molecule has 0 aliphatic rings. The fourth-order valence-corrected chi connectivity index (χ4v) is 4.13. The molecule has 176 valence electrons. The van der Waals surface area contributed by atoms with Gasteiger partial charge in [0.25, 0.3) is 0 Å². The molecule has 1 nitrogen and oxygen atoms in total. The summed E-state index contributed by atoms with van der Waals surface area (Å²) in [6, 6.07) is 23.9. The van der Waals surface area contributed by atoms with Crippen molar-refractivity contribution in [3.05, 3.63) is 90.2 Å².